The van der Waals surface area contributed by atoms with Gasteiger partial charge in [0.1, 0.15) is 0 Å². The summed E-state index contributed by atoms with van der Waals surface area (Å²) in [6.07, 6.45) is 0. The molecule has 0 aliphatic heterocycles. The van der Waals surface area contributed by atoms with Crippen LogP contribution in [0.15, 0.2) is 4.73 Å². The van der Waals surface area contributed by atoms with E-state index in [1.165, 1.54) is 5.69 Å². The van der Waals surface area contributed by atoms with E-state index in [0.29, 0.717) is 0 Å². The van der Waals surface area contributed by atoms with Crippen LogP contribution in [0, 0.1) is 13.8 Å². The lowest BCUT2D eigenvalue weighted by molar-refractivity contribution is 0.381. The molecule has 1 rings (SSSR count). The molecule has 0 radical (unpaired) electrons. The summed E-state index contributed by atoms with van der Waals surface area (Å²) in [7, 11) is 0. The number of aromatic nitrogens is 2. The van der Waals surface area contributed by atoms with Crippen molar-refractivity contribution in [3.63, 3.8) is 0 Å². The molecule has 0 saturated carbocycles. The number of aryl methyl sites for hydroxylation is 1. The van der Waals surface area contributed by atoms with E-state index in [4.69, 9.17) is 0 Å². The third-order valence-corrected chi connectivity index (χ3v) is 2.51. The van der Waals surface area contributed by atoms with Crippen LogP contribution in [-0.2, 0) is 5.54 Å². The summed E-state index contributed by atoms with van der Waals surface area (Å²) in [5.41, 5.74) is 2.43. The van der Waals surface area contributed by atoms with Crippen molar-refractivity contribution in [3.8, 4) is 0 Å². The Balaban J connectivity index is 3.32. The van der Waals surface area contributed by atoms with E-state index in [1.54, 1.807) is 0 Å². The van der Waals surface area contributed by atoms with E-state index in [9.17, 15) is 0 Å². The zero-order chi connectivity index (χ0) is 9.52. The van der Waals surface area contributed by atoms with Gasteiger partial charge < -0.3 is 4.57 Å². The summed E-state index contributed by atoms with van der Waals surface area (Å²) >= 11 is 3.46. The number of rotatable bonds is 0. The van der Waals surface area contributed by atoms with Gasteiger partial charge in [0.05, 0.1) is 5.69 Å². The molecule has 12 heavy (non-hydrogen) atoms. The van der Waals surface area contributed by atoms with Crippen molar-refractivity contribution in [2.75, 3.05) is 0 Å². The molecule has 0 N–H and O–H groups in total. The van der Waals surface area contributed by atoms with Gasteiger partial charge in [-0.2, -0.15) is 0 Å². The standard InChI is InChI=1S/C9H15BrN2/c1-6-7(2)12(8(10)11-6)9(3,4)5/h1-5H3. The van der Waals surface area contributed by atoms with Crippen molar-refractivity contribution in [1.82, 2.24) is 9.55 Å². The van der Waals surface area contributed by atoms with E-state index in [0.717, 1.165) is 10.4 Å². The Morgan fingerprint density at radius 1 is 1.25 bits per heavy atom. The number of nitrogens with zero attached hydrogens (tertiary/aromatic N) is 2. The number of hydrogen-bond acceptors (Lipinski definition) is 1. The average molecular weight is 231 g/mol. The Hall–Kier alpha value is -0.310. The van der Waals surface area contributed by atoms with Crippen LogP contribution in [0.3, 0.4) is 0 Å². The van der Waals surface area contributed by atoms with Crippen molar-refractivity contribution in [3.05, 3.63) is 16.1 Å². The maximum absolute atomic E-state index is 4.36. The van der Waals surface area contributed by atoms with Gasteiger partial charge in [-0.3, -0.25) is 0 Å². The number of halogens is 1. The van der Waals surface area contributed by atoms with Gasteiger partial charge in [-0.15, -0.1) is 0 Å². The fourth-order valence-corrected chi connectivity index (χ4v) is 2.41. The molecule has 0 bridgehead atoms. The van der Waals surface area contributed by atoms with Crippen LogP contribution in [0.2, 0.25) is 0 Å². The lowest BCUT2D eigenvalue weighted by Gasteiger charge is -2.23. The lowest BCUT2D eigenvalue weighted by Crippen LogP contribution is -2.23. The van der Waals surface area contributed by atoms with Crippen LogP contribution in [-0.4, -0.2) is 9.55 Å². The first kappa shape index (κ1) is 9.78. The highest BCUT2D eigenvalue weighted by Crippen LogP contribution is 2.24. The molecule has 0 aliphatic rings. The fraction of sp³-hybridized carbons (Fsp3) is 0.667. The minimum atomic E-state index is 0.101. The SMILES string of the molecule is Cc1nc(Br)n(C(C)(C)C)c1C. The molecule has 1 aromatic rings. The molecule has 0 aliphatic carbocycles. The van der Waals surface area contributed by atoms with E-state index in [2.05, 4.69) is 53.2 Å². The molecule has 0 amide bonds. The Labute approximate surface area is 82.1 Å². The van der Waals surface area contributed by atoms with E-state index < -0.39 is 0 Å². The molecule has 1 aromatic heterocycles. The largest absolute Gasteiger partial charge is 0.318 e. The average Bonchev–Trinajstić information content (AvgIpc) is 2.05. The van der Waals surface area contributed by atoms with Crippen LogP contribution in [0.4, 0.5) is 0 Å². The molecule has 0 unspecified atom stereocenters. The predicted molar refractivity (Wildman–Crippen MR) is 54.4 cm³/mol. The molecule has 0 fully saturated rings. The summed E-state index contributed by atoms with van der Waals surface area (Å²) in [5, 5.41) is 0. The molecule has 1 heterocycles. The van der Waals surface area contributed by atoms with Crippen molar-refractivity contribution in [2.24, 2.45) is 0 Å². The molecule has 0 spiro atoms. The molecule has 3 heteroatoms. The van der Waals surface area contributed by atoms with Crippen LogP contribution in [0.1, 0.15) is 32.2 Å². The second-order valence-corrected chi connectivity index (χ2v) is 4.77. The smallest absolute Gasteiger partial charge is 0.178 e. The topological polar surface area (TPSA) is 17.8 Å². The first-order valence-corrected chi connectivity index (χ1v) is 4.85. The first-order valence-electron chi connectivity index (χ1n) is 4.06. The number of imidazole rings is 1. The minimum absolute atomic E-state index is 0.101. The van der Waals surface area contributed by atoms with Crippen LogP contribution in [0.5, 0.6) is 0 Å². The first-order chi connectivity index (χ1) is 5.34. The minimum Gasteiger partial charge on any atom is -0.318 e. The molecule has 0 saturated heterocycles. The molecule has 68 valence electrons. The summed E-state index contributed by atoms with van der Waals surface area (Å²) in [5.74, 6) is 0. The van der Waals surface area contributed by atoms with Crippen molar-refractivity contribution in [2.45, 2.75) is 40.2 Å². The van der Waals surface area contributed by atoms with Gasteiger partial charge in [0, 0.05) is 11.2 Å². The number of hydrogen-bond donors (Lipinski definition) is 0. The summed E-state index contributed by atoms with van der Waals surface area (Å²) in [4.78, 5) is 4.36. The predicted octanol–water partition coefficient (Wildman–Crippen LogP) is 3.02. The van der Waals surface area contributed by atoms with E-state index >= 15 is 0 Å². The Morgan fingerprint density at radius 2 is 1.75 bits per heavy atom. The summed E-state index contributed by atoms with van der Waals surface area (Å²) < 4.78 is 3.12. The van der Waals surface area contributed by atoms with Crippen LogP contribution >= 0.6 is 15.9 Å². The highest BCUT2D eigenvalue weighted by atomic mass is 79.9. The third kappa shape index (κ3) is 1.56. The van der Waals surface area contributed by atoms with E-state index in [-0.39, 0.29) is 5.54 Å². The Kier molecular flexibility index (Phi) is 2.34. The van der Waals surface area contributed by atoms with Gasteiger partial charge in [0.15, 0.2) is 4.73 Å². The van der Waals surface area contributed by atoms with Gasteiger partial charge in [-0.25, -0.2) is 4.98 Å². The highest BCUT2D eigenvalue weighted by molar-refractivity contribution is 9.10. The molecular formula is C9H15BrN2. The monoisotopic (exact) mass is 230 g/mol. The summed E-state index contributed by atoms with van der Waals surface area (Å²) in [6.45, 7) is 10.6. The maximum Gasteiger partial charge on any atom is 0.178 e. The van der Waals surface area contributed by atoms with Crippen molar-refractivity contribution >= 4 is 15.9 Å². The van der Waals surface area contributed by atoms with Crippen molar-refractivity contribution < 1.29 is 0 Å². The zero-order valence-electron chi connectivity index (χ0n) is 8.27. The van der Waals surface area contributed by atoms with Gasteiger partial charge >= 0.3 is 0 Å². The second kappa shape index (κ2) is 2.87. The normalized spacial score (nSPS) is 12.2. The molecule has 0 aromatic carbocycles. The highest BCUT2D eigenvalue weighted by Gasteiger charge is 2.19. The summed E-state index contributed by atoms with van der Waals surface area (Å²) in [6, 6.07) is 0. The molecule has 0 atom stereocenters. The lowest BCUT2D eigenvalue weighted by atomic mass is 10.1. The van der Waals surface area contributed by atoms with Crippen LogP contribution < -0.4 is 0 Å². The zero-order valence-corrected chi connectivity index (χ0v) is 9.86. The third-order valence-electron chi connectivity index (χ3n) is 1.97. The van der Waals surface area contributed by atoms with Gasteiger partial charge in [-0.1, -0.05) is 0 Å². The van der Waals surface area contributed by atoms with Gasteiger partial charge in [0.2, 0.25) is 0 Å². The second-order valence-electron chi connectivity index (χ2n) is 4.06. The fourth-order valence-electron chi connectivity index (χ4n) is 1.35. The Bertz CT molecular complexity index is 294. The van der Waals surface area contributed by atoms with Gasteiger partial charge in [-0.05, 0) is 50.5 Å². The quantitative estimate of drug-likeness (QED) is 0.671. The van der Waals surface area contributed by atoms with Crippen LogP contribution in [0.25, 0.3) is 0 Å². The molecular weight excluding hydrogens is 216 g/mol. The maximum atomic E-state index is 4.36. The Morgan fingerprint density at radius 3 is 1.92 bits per heavy atom. The van der Waals surface area contributed by atoms with E-state index in [1.807, 2.05) is 6.92 Å². The molecule has 2 nitrogen and oxygen atoms in total. The van der Waals surface area contributed by atoms with Crippen molar-refractivity contribution in [1.29, 1.82) is 0 Å². The van der Waals surface area contributed by atoms with Gasteiger partial charge in [0.25, 0.3) is 0 Å².